The molecule has 15 aromatic rings. The van der Waals surface area contributed by atoms with E-state index in [-0.39, 0.29) is 0 Å². The van der Waals surface area contributed by atoms with Gasteiger partial charge in [-0.2, -0.15) is 0 Å². The molecule has 4 heterocycles. The Morgan fingerprint density at radius 3 is 1.23 bits per heavy atom. The van der Waals surface area contributed by atoms with Gasteiger partial charge in [-0.15, -0.1) is 11.3 Å². The summed E-state index contributed by atoms with van der Waals surface area (Å²) in [5.41, 5.74) is 16.4. The van der Waals surface area contributed by atoms with E-state index >= 15 is 0 Å². The minimum absolute atomic E-state index is 0.597. The minimum atomic E-state index is 0.597. The Kier molecular flexibility index (Phi) is 10.00. The Morgan fingerprint density at radius 1 is 0.267 bits per heavy atom. The van der Waals surface area contributed by atoms with Gasteiger partial charge in [0.05, 0.1) is 37.2 Å². The zero-order valence-electron chi connectivity index (χ0n) is 40.5. The van der Waals surface area contributed by atoms with Gasteiger partial charge in [-0.25, -0.2) is 15.0 Å². The number of hydrogen-bond acceptors (Lipinski definition) is 4. The number of hydrogen-bond donors (Lipinski definition) is 0. The Hall–Kier alpha value is -9.75. The molecule has 0 saturated carbocycles. The third-order valence-electron chi connectivity index (χ3n) is 14.8. The van der Waals surface area contributed by atoms with Gasteiger partial charge in [-0.3, -0.25) is 0 Å². The third-order valence-corrected chi connectivity index (χ3v) is 16.0. The van der Waals surface area contributed by atoms with Gasteiger partial charge in [0.1, 0.15) is 0 Å². The van der Waals surface area contributed by atoms with E-state index in [1.165, 1.54) is 63.9 Å². The second kappa shape index (κ2) is 17.5. The summed E-state index contributed by atoms with van der Waals surface area (Å²) in [6, 6.07) is 93.2. The van der Waals surface area contributed by atoms with E-state index in [1.807, 2.05) is 23.5 Å². The highest BCUT2D eigenvalue weighted by molar-refractivity contribution is 7.27. The van der Waals surface area contributed by atoms with Crippen molar-refractivity contribution in [3.05, 3.63) is 261 Å². The van der Waals surface area contributed by atoms with Crippen LogP contribution >= 0.6 is 11.3 Å². The van der Waals surface area contributed by atoms with Gasteiger partial charge < -0.3 is 9.13 Å². The normalized spacial score (nSPS) is 11.7. The fraction of sp³-hybridized carbons (Fsp3) is 0. The molecule has 0 saturated heterocycles. The maximum absolute atomic E-state index is 5.43. The van der Waals surface area contributed by atoms with Gasteiger partial charge in [-0.05, 0) is 81.9 Å². The summed E-state index contributed by atoms with van der Waals surface area (Å²) in [6.45, 7) is 0. The Labute approximate surface area is 436 Å². The van der Waals surface area contributed by atoms with Crippen molar-refractivity contribution < 1.29 is 0 Å². The van der Waals surface area contributed by atoms with Crippen molar-refractivity contribution in [3.8, 4) is 78.9 Å². The van der Waals surface area contributed by atoms with E-state index in [9.17, 15) is 0 Å². The van der Waals surface area contributed by atoms with Crippen LogP contribution in [0.3, 0.4) is 0 Å². The summed E-state index contributed by atoms with van der Waals surface area (Å²) < 4.78 is 7.42. The number of benzene rings is 11. The number of rotatable bonds is 8. The van der Waals surface area contributed by atoms with Gasteiger partial charge in [0, 0.05) is 54.7 Å². The van der Waals surface area contributed by atoms with Crippen molar-refractivity contribution in [1.29, 1.82) is 0 Å². The number of nitrogens with zero attached hydrogens (tertiary/aromatic N) is 5. The first-order valence-electron chi connectivity index (χ1n) is 25.3. The smallest absolute Gasteiger partial charge is 0.166 e. The first-order valence-corrected chi connectivity index (χ1v) is 26.2. The molecule has 0 fully saturated rings. The minimum Gasteiger partial charge on any atom is -0.308 e. The molecule has 0 amide bonds. The average Bonchev–Trinajstić information content (AvgIpc) is 4.26. The first kappa shape index (κ1) is 42.9. The number of fused-ring (bicyclic) bond motifs is 11. The van der Waals surface area contributed by atoms with Crippen LogP contribution in [0.1, 0.15) is 0 Å². The molecule has 4 aromatic heterocycles. The van der Waals surface area contributed by atoms with Crippen LogP contribution in [0.15, 0.2) is 261 Å². The molecule has 0 aliphatic rings. The summed E-state index contributed by atoms with van der Waals surface area (Å²) in [5.74, 6) is 1.81. The fourth-order valence-corrected chi connectivity index (χ4v) is 12.7. The second-order valence-corrected chi connectivity index (χ2v) is 20.1. The molecule has 0 atom stereocenters. The Morgan fingerprint density at radius 2 is 0.667 bits per heavy atom. The van der Waals surface area contributed by atoms with Gasteiger partial charge in [0.15, 0.2) is 17.5 Å². The number of thiophene rings is 1. The maximum Gasteiger partial charge on any atom is 0.166 e. The molecule has 5 nitrogen and oxygen atoms in total. The van der Waals surface area contributed by atoms with E-state index in [0.717, 1.165) is 61.4 Å². The highest BCUT2D eigenvalue weighted by Crippen LogP contribution is 2.48. The van der Waals surface area contributed by atoms with E-state index in [1.54, 1.807) is 0 Å². The van der Waals surface area contributed by atoms with Crippen LogP contribution < -0.4 is 0 Å². The predicted molar refractivity (Wildman–Crippen MR) is 314 cm³/mol. The van der Waals surface area contributed by atoms with Crippen molar-refractivity contribution in [2.45, 2.75) is 0 Å². The molecule has 0 spiro atoms. The molecular weight excluding hydrogens is 931 g/mol. The summed E-state index contributed by atoms with van der Waals surface area (Å²) in [5, 5.41) is 7.31. The maximum atomic E-state index is 5.43. The lowest BCUT2D eigenvalue weighted by Gasteiger charge is -2.15. The van der Waals surface area contributed by atoms with E-state index in [0.29, 0.717) is 17.5 Å². The Balaban J connectivity index is 0.976. The van der Waals surface area contributed by atoms with E-state index in [4.69, 9.17) is 15.0 Å². The predicted octanol–water partition coefficient (Wildman–Crippen LogP) is 18.4. The van der Waals surface area contributed by atoms with Gasteiger partial charge in [0.25, 0.3) is 0 Å². The van der Waals surface area contributed by atoms with Crippen molar-refractivity contribution in [2.75, 3.05) is 0 Å². The summed E-state index contributed by atoms with van der Waals surface area (Å²) in [7, 11) is 0. The molecule has 0 aliphatic carbocycles. The summed E-state index contributed by atoms with van der Waals surface area (Å²) >= 11 is 1.89. The largest absolute Gasteiger partial charge is 0.308 e. The zero-order chi connectivity index (χ0) is 49.4. The van der Waals surface area contributed by atoms with Crippen LogP contribution in [-0.2, 0) is 0 Å². The molecule has 6 heteroatoms. The lowest BCUT2D eigenvalue weighted by Crippen LogP contribution is -2.03. The molecule has 0 N–H and O–H groups in total. The molecule has 350 valence electrons. The molecule has 0 radical (unpaired) electrons. The molecule has 0 unspecified atom stereocenters. The van der Waals surface area contributed by atoms with Crippen LogP contribution in [0.4, 0.5) is 0 Å². The summed E-state index contributed by atoms with van der Waals surface area (Å²) in [6.07, 6.45) is 0. The van der Waals surface area contributed by atoms with Gasteiger partial charge in [0.2, 0.25) is 0 Å². The van der Waals surface area contributed by atoms with E-state index in [2.05, 4.69) is 258 Å². The quantitative estimate of drug-likeness (QED) is 0.152. The lowest BCUT2D eigenvalue weighted by molar-refractivity contribution is 1.06. The van der Waals surface area contributed by atoms with Crippen molar-refractivity contribution in [3.63, 3.8) is 0 Å². The standard InChI is InChI=1S/C69H43N5S/c1-4-19-44(20-5-1)47-25-16-28-50(41-47)67-70-68(51-29-17-26-48(42-51)45-21-6-2-7-22-45)72-69(71-67)59-33-12-15-36-62(59)74-61-35-14-11-32-54(61)56-38-40-58-57-39-37-55-53-31-10-13-34-60(53)73(63(55)65(57)75-66(58)64(56)74)52-30-18-27-49(43-52)46-23-8-3-9-24-46/h1-43H. The van der Waals surface area contributed by atoms with Crippen molar-refractivity contribution in [1.82, 2.24) is 24.1 Å². The first-order chi connectivity index (χ1) is 37.2. The van der Waals surface area contributed by atoms with Gasteiger partial charge >= 0.3 is 0 Å². The van der Waals surface area contributed by atoms with Crippen molar-refractivity contribution in [2.24, 2.45) is 0 Å². The second-order valence-electron chi connectivity index (χ2n) is 19.1. The highest BCUT2D eigenvalue weighted by Gasteiger charge is 2.24. The van der Waals surface area contributed by atoms with E-state index < -0.39 is 0 Å². The van der Waals surface area contributed by atoms with Crippen LogP contribution in [0.5, 0.6) is 0 Å². The number of para-hydroxylation sites is 3. The molecular formula is C69H43N5S. The molecule has 75 heavy (non-hydrogen) atoms. The Bertz CT molecular complexity index is 4600. The monoisotopic (exact) mass is 973 g/mol. The molecule has 11 aromatic carbocycles. The average molecular weight is 974 g/mol. The van der Waals surface area contributed by atoms with Gasteiger partial charge in [-0.1, -0.05) is 212 Å². The van der Waals surface area contributed by atoms with Crippen LogP contribution in [-0.4, -0.2) is 24.1 Å². The topological polar surface area (TPSA) is 48.5 Å². The lowest BCUT2D eigenvalue weighted by atomic mass is 10.0. The summed E-state index contributed by atoms with van der Waals surface area (Å²) in [4.78, 5) is 16.1. The molecule has 15 rings (SSSR count). The van der Waals surface area contributed by atoms with Crippen LogP contribution in [0.25, 0.3) is 143 Å². The van der Waals surface area contributed by atoms with Crippen LogP contribution in [0.2, 0.25) is 0 Å². The zero-order valence-corrected chi connectivity index (χ0v) is 41.3. The fourth-order valence-electron chi connectivity index (χ4n) is 11.3. The molecule has 0 bridgehead atoms. The van der Waals surface area contributed by atoms with Crippen molar-refractivity contribution >= 4 is 75.1 Å². The SMILES string of the molecule is c1ccc(-c2cccc(-c3nc(-c4cccc(-c5ccccc5)c4)nc(-c4ccccc4-n4c5ccccc5c5ccc6c7ccc8c9ccccc9n(-c9cccc(-c%10ccccc%10)c9)c8c7sc6c54)n3)c2)cc1. The highest BCUT2D eigenvalue weighted by atomic mass is 32.1. The number of aromatic nitrogens is 5. The third kappa shape index (κ3) is 7.10. The van der Waals surface area contributed by atoms with Crippen LogP contribution in [0, 0.1) is 0 Å². The molecule has 0 aliphatic heterocycles.